The lowest BCUT2D eigenvalue weighted by Crippen LogP contribution is -2.03. The number of benzene rings is 1. The van der Waals surface area contributed by atoms with Crippen LogP contribution in [-0.2, 0) is 0 Å². The molecule has 74 valence electrons. The van der Waals surface area contributed by atoms with E-state index in [1.54, 1.807) is 19.2 Å². The Morgan fingerprint density at radius 3 is 2.71 bits per heavy atom. The summed E-state index contributed by atoms with van der Waals surface area (Å²) < 4.78 is 5.17. The van der Waals surface area contributed by atoms with Crippen LogP contribution in [0.4, 0.5) is 0 Å². The summed E-state index contributed by atoms with van der Waals surface area (Å²) in [4.78, 5) is 11.0. The fourth-order valence-corrected chi connectivity index (χ4v) is 1.70. The standard InChI is InChI=1S/C11H12O3/c1-14-9-4-2-3-8(11(12)13)10(9)7-5-6-7/h2-4,7H,5-6H2,1H3,(H,12,13). The van der Waals surface area contributed by atoms with Crippen LogP contribution in [0.3, 0.4) is 0 Å². The van der Waals surface area contributed by atoms with Crippen LogP contribution in [0, 0.1) is 0 Å². The van der Waals surface area contributed by atoms with E-state index in [1.807, 2.05) is 6.07 Å². The maximum atomic E-state index is 11.0. The van der Waals surface area contributed by atoms with Crippen LogP contribution < -0.4 is 4.74 Å². The molecule has 1 aliphatic rings. The highest BCUT2D eigenvalue weighted by Crippen LogP contribution is 2.45. The highest BCUT2D eigenvalue weighted by atomic mass is 16.5. The normalized spacial score (nSPS) is 15.2. The molecular weight excluding hydrogens is 180 g/mol. The zero-order chi connectivity index (χ0) is 10.1. The predicted octanol–water partition coefficient (Wildman–Crippen LogP) is 2.27. The molecule has 3 heteroatoms. The maximum Gasteiger partial charge on any atom is 0.336 e. The summed E-state index contributed by atoms with van der Waals surface area (Å²) in [6, 6.07) is 5.17. The molecule has 0 aromatic heterocycles. The highest BCUT2D eigenvalue weighted by molar-refractivity contribution is 5.90. The van der Waals surface area contributed by atoms with Gasteiger partial charge in [0.15, 0.2) is 0 Å². The van der Waals surface area contributed by atoms with Gasteiger partial charge in [-0.1, -0.05) is 6.07 Å². The van der Waals surface area contributed by atoms with Gasteiger partial charge in [-0.15, -0.1) is 0 Å². The van der Waals surface area contributed by atoms with Crippen LogP contribution in [0.1, 0.15) is 34.7 Å². The van der Waals surface area contributed by atoms with Crippen molar-refractivity contribution in [3.63, 3.8) is 0 Å². The third-order valence-corrected chi connectivity index (χ3v) is 2.50. The Hall–Kier alpha value is -1.51. The quantitative estimate of drug-likeness (QED) is 0.799. The summed E-state index contributed by atoms with van der Waals surface area (Å²) in [5.74, 6) is 0.218. The summed E-state index contributed by atoms with van der Waals surface area (Å²) in [5, 5.41) is 9.01. The minimum absolute atomic E-state index is 0.381. The van der Waals surface area contributed by atoms with E-state index in [4.69, 9.17) is 9.84 Å². The maximum absolute atomic E-state index is 11.0. The van der Waals surface area contributed by atoms with Gasteiger partial charge in [0.1, 0.15) is 5.75 Å². The van der Waals surface area contributed by atoms with Gasteiger partial charge in [0.2, 0.25) is 0 Å². The molecule has 0 spiro atoms. The van der Waals surface area contributed by atoms with Gasteiger partial charge in [0.05, 0.1) is 12.7 Å². The Morgan fingerprint density at radius 1 is 1.50 bits per heavy atom. The van der Waals surface area contributed by atoms with Crippen LogP contribution >= 0.6 is 0 Å². The second-order valence-electron chi connectivity index (χ2n) is 3.50. The zero-order valence-corrected chi connectivity index (χ0v) is 7.99. The van der Waals surface area contributed by atoms with Crippen LogP contribution in [0.2, 0.25) is 0 Å². The number of methoxy groups -OCH3 is 1. The molecule has 0 atom stereocenters. The summed E-state index contributed by atoms with van der Waals surface area (Å²) in [7, 11) is 1.58. The number of hydrogen-bond acceptors (Lipinski definition) is 2. The average molecular weight is 192 g/mol. The fraction of sp³-hybridized carbons (Fsp3) is 0.364. The zero-order valence-electron chi connectivity index (χ0n) is 7.99. The van der Waals surface area contributed by atoms with Crippen LogP contribution in [-0.4, -0.2) is 18.2 Å². The first-order valence-electron chi connectivity index (χ1n) is 4.64. The average Bonchev–Trinajstić information content (AvgIpc) is 2.99. The first-order valence-corrected chi connectivity index (χ1v) is 4.64. The topological polar surface area (TPSA) is 46.5 Å². The molecule has 0 heterocycles. The van der Waals surface area contributed by atoms with Crippen LogP contribution in [0.5, 0.6) is 5.75 Å². The van der Waals surface area contributed by atoms with E-state index in [2.05, 4.69) is 0 Å². The molecule has 1 aromatic carbocycles. The summed E-state index contributed by atoms with van der Waals surface area (Å²) >= 11 is 0. The summed E-state index contributed by atoms with van der Waals surface area (Å²) in [6.07, 6.45) is 2.14. The van der Waals surface area contributed by atoms with E-state index in [-0.39, 0.29) is 0 Å². The van der Waals surface area contributed by atoms with E-state index >= 15 is 0 Å². The van der Waals surface area contributed by atoms with Gasteiger partial charge >= 0.3 is 5.97 Å². The summed E-state index contributed by atoms with van der Waals surface area (Å²) in [5.41, 5.74) is 1.24. The number of aromatic carboxylic acids is 1. The van der Waals surface area contributed by atoms with E-state index in [0.29, 0.717) is 17.2 Å². The highest BCUT2D eigenvalue weighted by Gasteiger charge is 2.30. The Kier molecular flexibility index (Phi) is 2.15. The predicted molar refractivity (Wildman–Crippen MR) is 51.9 cm³/mol. The number of carboxylic acids is 1. The van der Waals surface area contributed by atoms with E-state index in [0.717, 1.165) is 18.4 Å². The van der Waals surface area contributed by atoms with E-state index in [9.17, 15) is 4.79 Å². The molecule has 1 saturated carbocycles. The molecule has 0 unspecified atom stereocenters. The summed E-state index contributed by atoms with van der Waals surface area (Å²) in [6.45, 7) is 0. The lowest BCUT2D eigenvalue weighted by Gasteiger charge is -2.09. The van der Waals surface area contributed by atoms with Crippen molar-refractivity contribution in [2.45, 2.75) is 18.8 Å². The molecule has 1 fully saturated rings. The molecule has 0 saturated heterocycles. The molecule has 0 bridgehead atoms. The molecule has 14 heavy (non-hydrogen) atoms. The molecule has 3 nitrogen and oxygen atoms in total. The monoisotopic (exact) mass is 192 g/mol. The lowest BCUT2D eigenvalue weighted by molar-refractivity contribution is 0.0695. The minimum atomic E-state index is -0.870. The van der Waals surface area contributed by atoms with Gasteiger partial charge in [0, 0.05) is 5.56 Å². The molecule has 0 aliphatic heterocycles. The lowest BCUT2D eigenvalue weighted by atomic mass is 10.0. The number of hydrogen-bond donors (Lipinski definition) is 1. The van der Waals surface area contributed by atoms with Gasteiger partial charge in [-0.05, 0) is 30.9 Å². The van der Waals surface area contributed by atoms with Crippen molar-refractivity contribution in [1.29, 1.82) is 0 Å². The molecule has 1 aliphatic carbocycles. The van der Waals surface area contributed by atoms with E-state index < -0.39 is 5.97 Å². The number of carbonyl (C=O) groups is 1. The van der Waals surface area contributed by atoms with Gasteiger partial charge in [-0.25, -0.2) is 4.79 Å². The Labute approximate surface area is 82.3 Å². The first kappa shape index (κ1) is 9.06. The first-order chi connectivity index (χ1) is 6.74. The van der Waals surface area contributed by atoms with Crippen molar-refractivity contribution in [1.82, 2.24) is 0 Å². The minimum Gasteiger partial charge on any atom is -0.496 e. The second kappa shape index (κ2) is 3.33. The van der Waals surface area contributed by atoms with E-state index in [1.165, 1.54) is 0 Å². The Balaban J connectivity index is 2.52. The third kappa shape index (κ3) is 1.45. The SMILES string of the molecule is COc1cccc(C(=O)O)c1C1CC1. The molecule has 0 radical (unpaired) electrons. The van der Waals surface area contributed by atoms with Crippen molar-refractivity contribution in [2.75, 3.05) is 7.11 Å². The van der Waals surface area contributed by atoms with Crippen LogP contribution in [0.25, 0.3) is 0 Å². The molecule has 2 rings (SSSR count). The van der Waals surface area contributed by atoms with Crippen molar-refractivity contribution < 1.29 is 14.6 Å². The number of rotatable bonds is 3. The molecular formula is C11H12O3. The van der Waals surface area contributed by atoms with Gasteiger partial charge in [-0.2, -0.15) is 0 Å². The number of carboxylic acid groups (broad SMARTS) is 1. The second-order valence-corrected chi connectivity index (χ2v) is 3.50. The third-order valence-electron chi connectivity index (χ3n) is 2.50. The van der Waals surface area contributed by atoms with Crippen molar-refractivity contribution in [3.8, 4) is 5.75 Å². The van der Waals surface area contributed by atoms with Crippen molar-refractivity contribution >= 4 is 5.97 Å². The molecule has 0 amide bonds. The smallest absolute Gasteiger partial charge is 0.336 e. The van der Waals surface area contributed by atoms with Crippen LogP contribution in [0.15, 0.2) is 18.2 Å². The molecule has 1 aromatic rings. The Bertz CT molecular complexity index is 367. The largest absolute Gasteiger partial charge is 0.496 e. The Morgan fingerprint density at radius 2 is 2.21 bits per heavy atom. The number of ether oxygens (including phenoxy) is 1. The van der Waals surface area contributed by atoms with Crippen molar-refractivity contribution in [2.24, 2.45) is 0 Å². The van der Waals surface area contributed by atoms with Gasteiger partial charge in [-0.3, -0.25) is 0 Å². The van der Waals surface area contributed by atoms with Crippen molar-refractivity contribution in [3.05, 3.63) is 29.3 Å². The molecule has 1 N–H and O–H groups in total. The fourth-order valence-electron chi connectivity index (χ4n) is 1.70. The van der Waals surface area contributed by atoms with Gasteiger partial charge < -0.3 is 9.84 Å². The van der Waals surface area contributed by atoms with Gasteiger partial charge in [0.25, 0.3) is 0 Å².